The van der Waals surface area contributed by atoms with Crippen molar-refractivity contribution in [1.29, 1.82) is 0 Å². The van der Waals surface area contributed by atoms with E-state index in [0.717, 1.165) is 69.0 Å². The molecule has 1 N–H and O–H groups in total. The van der Waals surface area contributed by atoms with Gasteiger partial charge in [-0.2, -0.15) is 0 Å². The fourth-order valence-electron chi connectivity index (χ4n) is 3.92. The number of nitrogens with one attached hydrogen (secondary N) is 1. The Labute approximate surface area is 196 Å². The Bertz CT molecular complexity index is 783. The number of aromatic nitrogens is 2. The van der Waals surface area contributed by atoms with E-state index >= 15 is 0 Å². The van der Waals surface area contributed by atoms with Gasteiger partial charge in [0.05, 0.1) is 6.54 Å². The summed E-state index contributed by atoms with van der Waals surface area (Å²) in [5.41, 5.74) is 1.15. The quantitative estimate of drug-likeness (QED) is 0.371. The monoisotopic (exact) mass is 521 g/mol. The standard InChI is InChI=1S/C22H31N7.HI/c1-2-23-22(29-15-13-28(14-16-29)20-7-3-4-10-24-20)26-18-19-8-9-21(25-17-19)27-11-5-6-12-27;/h3-4,7-10,17H,2,5-6,11-16,18H2,1H3,(H,23,26);1H. The highest BCUT2D eigenvalue weighted by molar-refractivity contribution is 14.0. The Morgan fingerprint density at radius 2 is 1.67 bits per heavy atom. The van der Waals surface area contributed by atoms with Crippen LogP contribution in [-0.4, -0.2) is 66.6 Å². The predicted octanol–water partition coefficient (Wildman–Crippen LogP) is 2.98. The molecule has 0 amide bonds. The number of piperazine rings is 1. The third kappa shape index (κ3) is 5.74. The first kappa shape index (κ1) is 22.6. The van der Waals surface area contributed by atoms with Gasteiger partial charge in [0.15, 0.2) is 5.96 Å². The maximum absolute atomic E-state index is 4.88. The maximum Gasteiger partial charge on any atom is 0.194 e. The number of guanidine groups is 1. The third-order valence-corrected chi connectivity index (χ3v) is 5.54. The van der Waals surface area contributed by atoms with Crippen LogP contribution in [0.15, 0.2) is 47.7 Å². The van der Waals surface area contributed by atoms with Gasteiger partial charge in [0.1, 0.15) is 11.6 Å². The van der Waals surface area contributed by atoms with Gasteiger partial charge in [-0.3, -0.25) is 0 Å². The van der Waals surface area contributed by atoms with Crippen molar-refractivity contribution in [3.8, 4) is 0 Å². The lowest BCUT2D eigenvalue weighted by Gasteiger charge is -2.37. The van der Waals surface area contributed by atoms with Crippen molar-refractivity contribution < 1.29 is 0 Å². The Morgan fingerprint density at radius 3 is 2.30 bits per heavy atom. The number of hydrogen-bond acceptors (Lipinski definition) is 5. The summed E-state index contributed by atoms with van der Waals surface area (Å²) in [6.07, 6.45) is 6.37. The minimum atomic E-state index is 0. The van der Waals surface area contributed by atoms with Gasteiger partial charge < -0.3 is 20.0 Å². The Morgan fingerprint density at radius 1 is 0.933 bits per heavy atom. The summed E-state index contributed by atoms with van der Waals surface area (Å²) in [7, 11) is 0. The molecule has 2 saturated heterocycles. The van der Waals surface area contributed by atoms with E-state index in [2.05, 4.69) is 55.1 Å². The highest BCUT2D eigenvalue weighted by Crippen LogP contribution is 2.18. The topological polar surface area (TPSA) is 59.9 Å². The highest BCUT2D eigenvalue weighted by Gasteiger charge is 2.20. The van der Waals surface area contributed by atoms with Gasteiger partial charge in [-0.05, 0) is 43.5 Å². The molecule has 8 heteroatoms. The van der Waals surface area contributed by atoms with Gasteiger partial charge >= 0.3 is 0 Å². The van der Waals surface area contributed by atoms with Crippen LogP contribution in [0.2, 0.25) is 0 Å². The van der Waals surface area contributed by atoms with E-state index in [1.807, 2.05) is 24.5 Å². The zero-order valence-electron chi connectivity index (χ0n) is 17.7. The lowest BCUT2D eigenvalue weighted by Crippen LogP contribution is -2.52. The van der Waals surface area contributed by atoms with E-state index in [4.69, 9.17) is 4.99 Å². The Hall–Kier alpha value is -2.10. The van der Waals surface area contributed by atoms with Gasteiger partial charge in [-0.1, -0.05) is 12.1 Å². The first-order chi connectivity index (χ1) is 14.3. The molecule has 162 valence electrons. The first-order valence-electron chi connectivity index (χ1n) is 10.7. The second kappa shape index (κ2) is 11.3. The van der Waals surface area contributed by atoms with Crippen LogP contribution in [0, 0.1) is 0 Å². The molecule has 0 aromatic carbocycles. The SMILES string of the molecule is CCNC(=NCc1ccc(N2CCCC2)nc1)N1CCN(c2ccccn2)CC1.I. The minimum absolute atomic E-state index is 0. The Kier molecular flexibility index (Phi) is 8.53. The van der Waals surface area contributed by atoms with Crippen LogP contribution in [0.5, 0.6) is 0 Å². The van der Waals surface area contributed by atoms with E-state index in [1.54, 1.807) is 0 Å². The van der Waals surface area contributed by atoms with Crippen molar-refractivity contribution in [2.75, 3.05) is 55.6 Å². The molecule has 4 rings (SSSR count). The molecule has 2 aliphatic heterocycles. The fourth-order valence-corrected chi connectivity index (χ4v) is 3.92. The lowest BCUT2D eigenvalue weighted by molar-refractivity contribution is 0.371. The molecule has 2 fully saturated rings. The summed E-state index contributed by atoms with van der Waals surface area (Å²) in [5.74, 6) is 3.13. The average Bonchev–Trinajstić information content (AvgIpc) is 3.33. The van der Waals surface area contributed by atoms with E-state index in [9.17, 15) is 0 Å². The molecule has 4 heterocycles. The number of nitrogens with zero attached hydrogens (tertiary/aromatic N) is 6. The molecular formula is C22H32IN7. The number of halogens is 1. The Balaban J connectivity index is 0.00000256. The zero-order chi connectivity index (χ0) is 19.9. The van der Waals surface area contributed by atoms with Crippen molar-refractivity contribution in [1.82, 2.24) is 20.2 Å². The molecule has 0 bridgehead atoms. The van der Waals surface area contributed by atoms with Crippen LogP contribution in [0.25, 0.3) is 0 Å². The van der Waals surface area contributed by atoms with Crippen LogP contribution >= 0.6 is 24.0 Å². The van der Waals surface area contributed by atoms with Crippen LogP contribution in [0.3, 0.4) is 0 Å². The minimum Gasteiger partial charge on any atom is -0.357 e. The van der Waals surface area contributed by atoms with Gasteiger partial charge in [-0.25, -0.2) is 15.0 Å². The molecule has 7 nitrogen and oxygen atoms in total. The molecule has 2 aromatic rings. The zero-order valence-corrected chi connectivity index (χ0v) is 20.0. The molecule has 0 spiro atoms. The van der Waals surface area contributed by atoms with Crippen molar-refractivity contribution >= 4 is 41.6 Å². The van der Waals surface area contributed by atoms with Crippen LogP contribution in [-0.2, 0) is 6.54 Å². The summed E-state index contributed by atoms with van der Waals surface area (Å²) in [5, 5.41) is 3.45. The fraction of sp³-hybridized carbons (Fsp3) is 0.500. The van der Waals surface area contributed by atoms with E-state index in [0.29, 0.717) is 6.54 Å². The van der Waals surface area contributed by atoms with Crippen molar-refractivity contribution in [3.63, 3.8) is 0 Å². The van der Waals surface area contributed by atoms with E-state index in [-0.39, 0.29) is 24.0 Å². The van der Waals surface area contributed by atoms with Gasteiger partial charge in [-0.15, -0.1) is 24.0 Å². The lowest BCUT2D eigenvalue weighted by atomic mass is 10.3. The highest BCUT2D eigenvalue weighted by atomic mass is 127. The number of anilines is 2. The predicted molar refractivity (Wildman–Crippen MR) is 134 cm³/mol. The van der Waals surface area contributed by atoms with Gasteiger partial charge in [0.25, 0.3) is 0 Å². The number of pyridine rings is 2. The van der Waals surface area contributed by atoms with Crippen LogP contribution in [0.1, 0.15) is 25.3 Å². The van der Waals surface area contributed by atoms with Crippen molar-refractivity contribution in [2.45, 2.75) is 26.3 Å². The first-order valence-corrected chi connectivity index (χ1v) is 10.7. The molecular weight excluding hydrogens is 489 g/mol. The summed E-state index contributed by atoms with van der Waals surface area (Å²) in [6.45, 7) is 9.66. The van der Waals surface area contributed by atoms with Crippen molar-refractivity contribution in [2.24, 2.45) is 4.99 Å². The van der Waals surface area contributed by atoms with Crippen LogP contribution in [0.4, 0.5) is 11.6 Å². The summed E-state index contributed by atoms with van der Waals surface area (Å²) in [6, 6.07) is 10.4. The average molecular weight is 521 g/mol. The molecule has 2 aliphatic rings. The maximum atomic E-state index is 4.88. The second-order valence-corrected chi connectivity index (χ2v) is 7.55. The molecule has 2 aromatic heterocycles. The largest absolute Gasteiger partial charge is 0.357 e. The summed E-state index contributed by atoms with van der Waals surface area (Å²) >= 11 is 0. The number of rotatable bonds is 5. The molecule has 0 radical (unpaired) electrons. The molecule has 0 saturated carbocycles. The van der Waals surface area contributed by atoms with Gasteiger partial charge in [0.2, 0.25) is 0 Å². The van der Waals surface area contributed by atoms with E-state index < -0.39 is 0 Å². The molecule has 0 aliphatic carbocycles. The molecule has 0 unspecified atom stereocenters. The third-order valence-electron chi connectivity index (χ3n) is 5.54. The summed E-state index contributed by atoms with van der Waals surface area (Å²) < 4.78 is 0. The normalized spacial score (nSPS) is 17.1. The summed E-state index contributed by atoms with van der Waals surface area (Å²) in [4.78, 5) is 21.0. The number of aliphatic imine (C=N–C) groups is 1. The second-order valence-electron chi connectivity index (χ2n) is 7.55. The van der Waals surface area contributed by atoms with Crippen molar-refractivity contribution in [3.05, 3.63) is 48.3 Å². The molecule has 0 atom stereocenters. The van der Waals surface area contributed by atoms with Crippen LogP contribution < -0.4 is 15.1 Å². The molecule has 30 heavy (non-hydrogen) atoms. The van der Waals surface area contributed by atoms with Gasteiger partial charge in [0, 0.05) is 58.2 Å². The number of hydrogen-bond donors (Lipinski definition) is 1. The van der Waals surface area contributed by atoms with E-state index in [1.165, 1.54) is 12.8 Å². The smallest absolute Gasteiger partial charge is 0.194 e.